The molecule has 0 bridgehead atoms. The molecule has 0 unspecified atom stereocenters. The van der Waals surface area contributed by atoms with Crippen molar-refractivity contribution in [3.8, 4) is 0 Å². The maximum Gasteiger partial charge on any atom is 0.159 e. The number of Topliss-reactive ketones (excluding diaryl/α,β-unsaturated/α-hetero) is 1. The zero-order chi connectivity index (χ0) is 14.0. The summed E-state index contributed by atoms with van der Waals surface area (Å²) in [6.45, 7) is 3.99. The molecule has 1 aromatic carbocycles. The molecule has 1 saturated heterocycles. The average molecular weight is 271 g/mol. The van der Waals surface area contributed by atoms with Crippen LogP contribution >= 0.6 is 0 Å². The first-order valence-electron chi connectivity index (χ1n) is 8.05. The Hall–Kier alpha value is -1.31. The minimum atomic E-state index is 0.149. The monoisotopic (exact) mass is 271 g/mol. The van der Waals surface area contributed by atoms with E-state index in [1.165, 1.54) is 63.7 Å². The van der Waals surface area contributed by atoms with Gasteiger partial charge in [0.05, 0.1) is 0 Å². The molecule has 3 rings (SSSR count). The molecule has 0 N–H and O–H groups in total. The molecule has 1 aliphatic carbocycles. The first-order chi connectivity index (χ1) is 9.69. The number of hydrogen-bond acceptors (Lipinski definition) is 2. The molecule has 2 heteroatoms. The zero-order valence-corrected chi connectivity index (χ0v) is 12.5. The molecule has 1 spiro atoms. The van der Waals surface area contributed by atoms with Crippen molar-refractivity contribution >= 4 is 11.5 Å². The van der Waals surface area contributed by atoms with Crippen molar-refractivity contribution in [3.63, 3.8) is 0 Å². The summed E-state index contributed by atoms with van der Waals surface area (Å²) in [7, 11) is 0. The van der Waals surface area contributed by atoms with Gasteiger partial charge in [-0.15, -0.1) is 0 Å². The van der Waals surface area contributed by atoms with Crippen molar-refractivity contribution in [1.29, 1.82) is 0 Å². The maximum atomic E-state index is 11.3. The van der Waals surface area contributed by atoms with Gasteiger partial charge in [-0.3, -0.25) is 4.79 Å². The van der Waals surface area contributed by atoms with Crippen LogP contribution in [0.2, 0.25) is 0 Å². The molecule has 0 radical (unpaired) electrons. The van der Waals surface area contributed by atoms with Gasteiger partial charge in [0.1, 0.15) is 0 Å². The van der Waals surface area contributed by atoms with E-state index >= 15 is 0 Å². The van der Waals surface area contributed by atoms with Crippen molar-refractivity contribution < 1.29 is 4.79 Å². The predicted molar refractivity (Wildman–Crippen MR) is 83.4 cm³/mol. The third-order valence-corrected chi connectivity index (χ3v) is 5.38. The highest BCUT2D eigenvalue weighted by molar-refractivity contribution is 5.94. The molecule has 20 heavy (non-hydrogen) atoms. The lowest BCUT2D eigenvalue weighted by atomic mass is 9.68. The molecule has 2 fully saturated rings. The highest BCUT2D eigenvalue weighted by Gasteiger charge is 2.35. The number of ketones is 1. The topological polar surface area (TPSA) is 20.3 Å². The van der Waals surface area contributed by atoms with Gasteiger partial charge in [-0.05, 0) is 62.3 Å². The molecular weight excluding hydrogens is 246 g/mol. The Morgan fingerprint density at radius 3 is 2.10 bits per heavy atom. The maximum absolute atomic E-state index is 11.3. The fourth-order valence-electron chi connectivity index (χ4n) is 3.95. The molecule has 1 saturated carbocycles. The molecular formula is C18H25NO. The molecule has 0 amide bonds. The molecule has 108 valence electrons. The van der Waals surface area contributed by atoms with Crippen LogP contribution in [0.15, 0.2) is 24.3 Å². The largest absolute Gasteiger partial charge is 0.371 e. The lowest BCUT2D eigenvalue weighted by Crippen LogP contribution is -2.41. The van der Waals surface area contributed by atoms with Gasteiger partial charge in [-0.25, -0.2) is 0 Å². The van der Waals surface area contributed by atoms with Crippen LogP contribution in [0.4, 0.5) is 5.69 Å². The van der Waals surface area contributed by atoms with Gasteiger partial charge >= 0.3 is 0 Å². The third kappa shape index (κ3) is 2.74. The van der Waals surface area contributed by atoms with Crippen molar-refractivity contribution in [2.75, 3.05) is 18.0 Å². The molecule has 0 atom stereocenters. The van der Waals surface area contributed by atoms with Crippen LogP contribution in [0, 0.1) is 5.41 Å². The summed E-state index contributed by atoms with van der Waals surface area (Å²) in [5, 5.41) is 0. The fourth-order valence-corrected chi connectivity index (χ4v) is 3.95. The van der Waals surface area contributed by atoms with Crippen LogP contribution in [0.3, 0.4) is 0 Å². The van der Waals surface area contributed by atoms with E-state index < -0.39 is 0 Å². The second-order valence-electron chi connectivity index (χ2n) is 6.65. The van der Waals surface area contributed by atoms with Crippen LogP contribution in [0.25, 0.3) is 0 Å². The molecule has 2 aliphatic rings. The third-order valence-electron chi connectivity index (χ3n) is 5.38. The van der Waals surface area contributed by atoms with Crippen molar-refractivity contribution in [3.05, 3.63) is 29.8 Å². The summed E-state index contributed by atoms with van der Waals surface area (Å²) >= 11 is 0. The fraction of sp³-hybridized carbons (Fsp3) is 0.611. The number of piperidine rings is 1. The van der Waals surface area contributed by atoms with Gasteiger partial charge in [0.15, 0.2) is 5.78 Å². The quantitative estimate of drug-likeness (QED) is 0.741. The second-order valence-corrected chi connectivity index (χ2v) is 6.65. The van der Waals surface area contributed by atoms with Gasteiger partial charge in [-0.2, -0.15) is 0 Å². The van der Waals surface area contributed by atoms with Gasteiger partial charge in [0.2, 0.25) is 0 Å². The van der Waals surface area contributed by atoms with E-state index in [9.17, 15) is 4.79 Å². The van der Waals surface area contributed by atoms with E-state index in [4.69, 9.17) is 0 Å². The lowest BCUT2D eigenvalue weighted by molar-refractivity contribution is 0.101. The Morgan fingerprint density at radius 1 is 0.950 bits per heavy atom. The summed E-state index contributed by atoms with van der Waals surface area (Å²) < 4.78 is 0. The van der Waals surface area contributed by atoms with Crippen molar-refractivity contribution in [2.45, 2.75) is 51.9 Å². The molecule has 1 heterocycles. The highest BCUT2D eigenvalue weighted by atomic mass is 16.1. The van der Waals surface area contributed by atoms with E-state index in [2.05, 4.69) is 17.0 Å². The van der Waals surface area contributed by atoms with Crippen LogP contribution in [-0.2, 0) is 0 Å². The smallest absolute Gasteiger partial charge is 0.159 e. The predicted octanol–water partition coefficient (Wildman–Crippen LogP) is 4.44. The molecule has 1 aromatic rings. The summed E-state index contributed by atoms with van der Waals surface area (Å²) in [5.41, 5.74) is 2.75. The number of carbonyl (C=O) groups excluding carboxylic acids is 1. The Balaban J connectivity index is 1.64. The molecule has 0 aromatic heterocycles. The Kier molecular flexibility index (Phi) is 3.82. The average Bonchev–Trinajstić information content (AvgIpc) is 2.49. The summed E-state index contributed by atoms with van der Waals surface area (Å²) in [6, 6.07) is 8.14. The normalized spacial score (nSPS) is 21.9. The zero-order valence-electron chi connectivity index (χ0n) is 12.5. The van der Waals surface area contributed by atoms with Crippen molar-refractivity contribution in [1.82, 2.24) is 0 Å². The van der Waals surface area contributed by atoms with E-state index in [1.807, 2.05) is 12.1 Å². The Labute approximate surface area is 122 Å². The first-order valence-corrected chi connectivity index (χ1v) is 8.05. The SMILES string of the molecule is CC(=O)c1ccc(N2CCC3(CCCCC3)CC2)cc1. The van der Waals surface area contributed by atoms with Crippen LogP contribution in [0.5, 0.6) is 0 Å². The highest BCUT2D eigenvalue weighted by Crippen LogP contribution is 2.45. The van der Waals surface area contributed by atoms with Crippen LogP contribution < -0.4 is 4.90 Å². The van der Waals surface area contributed by atoms with E-state index in [-0.39, 0.29) is 5.78 Å². The lowest BCUT2D eigenvalue weighted by Gasteiger charge is -2.45. The standard InChI is InChI=1S/C18H25NO/c1-15(20)16-5-7-17(8-6-16)19-13-11-18(12-14-19)9-3-2-4-10-18/h5-8H,2-4,9-14H2,1H3. The number of hydrogen-bond donors (Lipinski definition) is 0. The summed E-state index contributed by atoms with van der Waals surface area (Å²) in [5.74, 6) is 0.149. The first kappa shape index (κ1) is 13.7. The summed E-state index contributed by atoms with van der Waals surface area (Å²) in [6.07, 6.45) is 9.91. The minimum Gasteiger partial charge on any atom is -0.371 e. The van der Waals surface area contributed by atoms with E-state index in [0.29, 0.717) is 5.41 Å². The minimum absolute atomic E-state index is 0.149. The summed E-state index contributed by atoms with van der Waals surface area (Å²) in [4.78, 5) is 13.8. The van der Waals surface area contributed by atoms with Gasteiger partial charge in [0.25, 0.3) is 0 Å². The second kappa shape index (κ2) is 5.59. The van der Waals surface area contributed by atoms with Crippen LogP contribution in [0.1, 0.15) is 62.2 Å². The molecule has 1 aliphatic heterocycles. The number of benzene rings is 1. The van der Waals surface area contributed by atoms with Gasteiger partial charge in [0, 0.05) is 24.3 Å². The number of nitrogens with zero attached hydrogens (tertiary/aromatic N) is 1. The van der Waals surface area contributed by atoms with Crippen molar-refractivity contribution in [2.24, 2.45) is 5.41 Å². The number of carbonyl (C=O) groups is 1. The number of rotatable bonds is 2. The Morgan fingerprint density at radius 2 is 1.55 bits per heavy atom. The Bertz CT molecular complexity index is 461. The van der Waals surface area contributed by atoms with Gasteiger partial charge < -0.3 is 4.90 Å². The van der Waals surface area contributed by atoms with Crippen LogP contribution in [-0.4, -0.2) is 18.9 Å². The number of anilines is 1. The van der Waals surface area contributed by atoms with Gasteiger partial charge in [-0.1, -0.05) is 19.3 Å². The molecule has 2 nitrogen and oxygen atoms in total. The van der Waals surface area contributed by atoms with E-state index in [1.54, 1.807) is 6.92 Å². The van der Waals surface area contributed by atoms with E-state index in [0.717, 1.165) is 5.56 Å².